The summed E-state index contributed by atoms with van der Waals surface area (Å²) in [5.74, 6) is 0. The van der Waals surface area contributed by atoms with Crippen LogP contribution in [0.15, 0.2) is 6.20 Å². The lowest BCUT2D eigenvalue weighted by Crippen LogP contribution is -2.13. The van der Waals surface area contributed by atoms with Gasteiger partial charge in [-0.3, -0.25) is 0 Å². The molecule has 0 fully saturated rings. The third-order valence-corrected chi connectivity index (χ3v) is 3.09. The van der Waals surface area contributed by atoms with E-state index in [9.17, 15) is 0 Å². The van der Waals surface area contributed by atoms with Gasteiger partial charge in [-0.05, 0) is 22.6 Å². The Balaban J connectivity index is 2.73. The Morgan fingerprint density at radius 1 is 1.91 bits per heavy atom. The van der Waals surface area contributed by atoms with Crippen molar-refractivity contribution in [2.75, 3.05) is 13.7 Å². The second kappa shape index (κ2) is 4.34. The number of hydrogen-bond acceptors (Lipinski definition) is 4. The van der Waals surface area contributed by atoms with Crippen LogP contribution < -0.4 is 5.73 Å². The van der Waals surface area contributed by atoms with Gasteiger partial charge in [0.15, 0.2) is 0 Å². The molecular weight excluding hydrogens is 275 g/mol. The molecule has 0 aliphatic rings. The molecule has 1 heterocycles. The maximum atomic E-state index is 5.46. The van der Waals surface area contributed by atoms with Crippen molar-refractivity contribution in [3.8, 4) is 0 Å². The highest BCUT2D eigenvalue weighted by Gasteiger charge is 2.11. The number of thiazole rings is 1. The minimum atomic E-state index is -0.0384. The molecule has 0 amide bonds. The maximum absolute atomic E-state index is 5.46. The topological polar surface area (TPSA) is 48.1 Å². The van der Waals surface area contributed by atoms with Crippen LogP contribution in [0.3, 0.4) is 0 Å². The van der Waals surface area contributed by atoms with E-state index in [1.807, 2.05) is 6.20 Å². The lowest BCUT2D eigenvalue weighted by Gasteiger charge is -2.07. The molecule has 1 aromatic heterocycles. The molecule has 0 spiro atoms. The van der Waals surface area contributed by atoms with Crippen molar-refractivity contribution in [2.24, 2.45) is 5.73 Å². The molecule has 2 N–H and O–H groups in total. The molecule has 1 aromatic rings. The first kappa shape index (κ1) is 9.37. The van der Waals surface area contributed by atoms with Crippen molar-refractivity contribution in [1.82, 2.24) is 4.98 Å². The molecule has 62 valence electrons. The monoisotopic (exact) mass is 284 g/mol. The minimum Gasteiger partial charge on any atom is -0.373 e. The van der Waals surface area contributed by atoms with Gasteiger partial charge in [-0.1, -0.05) is 0 Å². The van der Waals surface area contributed by atoms with Crippen molar-refractivity contribution >= 4 is 33.9 Å². The average molecular weight is 284 g/mol. The Hall–Kier alpha value is 0.280. The summed E-state index contributed by atoms with van der Waals surface area (Å²) >= 11 is 3.84. The van der Waals surface area contributed by atoms with Gasteiger partial charge in [-0.15, -0.1) is 11.3 Å². The van der Waals surface area contributed by atoms with Gasteiger partial charge >= 0.3 is 0 Å². The van der Waals surface area contributed by atoms with Crippen molar-refractivity contribution in [3.63, 3.8) is 0 Å². The van der Waals surface area contributed by atoms with E-state index >= 15 is 0 Å². The van der Waals surface area contributed by atoms with Gasteiger partial charge in [-0.25, -0.2) is 4.98 Å². The summed E-state index contributed by atoms with van der Waals surface area (Å²) in [6, 6.07) is 0. The Kier molecular flexibility index (Phi) is 3.70. The van der Waals surface area contributed by atoms with Gasteiger partial charge in [-0.2, -0.15) is 0 Å². The van der Waals surface area contributed by atoms with Crippen LogP contribution in [0.4, 0.5) is 0 Å². The first-order chi connectivity index (χ1) is 5.27. The van der Waals surface area contributed by atoms with Crippen LogP contribution in [0.1, 0.15) is 11.1 Å². The van der Waals surface area contributed by atoms with Crippen LogP contribution in [-0.2, 0) is 4.74 Å². The van der Waals surface area contributed by atoms with Gasteiger partial charge in [0.05, 0.1) is 9.08 Å². The fourth-order valence-corrected chi connectivity index (χ4v) is 2.26. The summed E-state index contributed by atoms with van der Waals surface area (Å²) in [5.41, 5.74) is 5.46. The lowest BCUT2D eigenvalue weighted by molar-refractivity contribution is 0.110. The molecule has 0 saturated carbocycles. The molecule has 1 unspecified atom stereocenters. The summed E-state index contributed by atoms with van der Waals surface area (Å²) < 4.78 is 6.28. The summed E-state index contributed by atoms with van der Waals surface area (Å²) in [4.78, 5) is 4.16. The molecular formula is C6H9IN2OS. The fourth-order valence-electron chi connectivity index (χ4n) is 0.714. The fraction of sp³-hybridized carbons (Fsp3) is 0.500. The predicted octanol–water partition coefficient (Wildman–Crippen LogP) is 1.39. The van der Waals surface area contributed by atoms with Gasteiger partial charge in [0.2, 0.25) is 0 Å². The van der Waals surface area contributed by atoms with E-state index in [4.69, 9.17) is 10.5 Å². The molecule has 0 aromatic carbocycles. The third kappa shape index (κ3) is 2.36. The number of halogens is 1. The zero-order valence-electron chi connectivity index (χ0n) is 6.08. The summed E-state index contributed by atoms with van der Waals surface area (Å²) in [6.45, 7) is 0.486. The van der Waals surface area contributed by atoms with Gasteiger partial charge in [0.25, 0.3) is 0 Å². The van der Waals surface area contributed by atoms with E-state index in [1.54, 1.807) is 18.4 Å². The second-order valence-electron chi connectivity index (χ2n) is 1.96. The summed E-state index contributed by atoms with van der Waals surface area (Å²) in [5, 5.41) is 0.958. The number of nitrogens with two attached hydrogens (primary N) is 1. The van der Waals surface area contributed by atoms with E-state index < -0.39 is 0 Å². The van der Waals surface area contributed by atoms with Crippen LogP contribution in [0.25, 0.3) is 0 Å². The summed E-state index contributed by atoms with van der Waals surface area (Å²) in [6.07, 6.45) is 1.78. The molecule has 0 aliphatic heterocycles. The number of hydrogen-bond donors (Lipinski definition) is 1. The van der Waals surface area contributed by atoms with Crippen LogP contribution in [0.2, 0.25) is 0 Å². The first-order valence-electron chi connectivity index (χ1n) is 3.12. The van der Waals surface area contributed by atoms with E-state index in [-0.39, 0.29) is 6.10 Å². The number of nitrogens with zero attached hydrogens (tertiary/aromatic N) is 1. The van der Waals surface area contributed by atoms with Gasteiger partial charge in [0, 0.05) is 13.7 Å². The highest BCUT2D eigenvalue weighted by atomic mass is 127. The number of rotatable bonds is 3. The van der Waals surface area contributed by atoms with E-state index in [0.29, 0.717) is 6.54 Å². The smallest absolute Gasteiger partial charge is 0.124 e. The van der Waals surface area contributed by atoms with Crippen molar-refractivity contribution in [2.45, 2.75) is 6.10 Å². The number of aromatic nitrogens is 1. The maximum Gasteiger partial charge on any atom is 0.124 e. The quantitative estimate of drug-likeness (QED) is 0.853. The van der Waals surface area contributed by atoms with Crippen LogP contribution in [0.5, 0.6) is 0 Å². The number of ether oxygens (including phenoxy) is 1. The Morgan fingerprint density at radius 3 is 3.00 bits per heavy atom. The largest absolute Gasteiger partial charge is 0.373 e. The highest BCUT2D eigenvalue weighted by Crippen LogP contribution is 2.22. The average Bonchev–Trinajstić information content (AvgIpc) is 2.39. The highest BCUT2D eigenvalue weighted by molar-refractivity contribution is 14.1. The Labute approximate surface area is 83.1 Å². The number of methoxy groups -OCH3 is 1. The summed E-state index contributed by atoms with van der Waals surface area (Å²) in [7, 11) is 1.64. The van der Waals surface area contributed by atoms with Crippen molar-refractivity contribution in [3.05, 3.63) is 14.1 Å². The predicted molar refractivity (Wildman–Crippen MR) is 53.6 cm³/mol. The molecule has 0 saturated heterocycles. The lowest BCUT2D eigenvalue weighted by atomic mass is 10.4. The third-order valence-electron chi connectivity index (χ3n) is 1.27. The molecule has 11 heavy (non-hydrogen) atoms. The molecule has 5 heteroatoms. The molecule has 1 rings (SSSR count). The van der Waals surface area contributed by atoms with Crippen molar-refractivity contribution in [1.29, 1.82) is 0 Å². The SMILES string of the molecule is COC(CN)c1ncc(I)s1. The Morgan fingerprint density at radius 2 is 2.64 bits per heavy atom. The standard InChI is InChI=1S/C6H9IN2OS/c1-10-4(2-8)6-9-3-5(7)11-6/h3-4H,2,8H2,1H3. The van der Waals surface area contributed by atoms with Crippen molar-refractivity contribution < 1.29 is 4.74 Å². The minimum absolute atomic E-state index is 0.0384. The van der Waals surface area contributed by atoms with E-state index in [1.165, 1.54) is 0 Å². The van der Waals surface area contributed by atoms with E-state index in [2.05, 4.69) is 27.6 Å². The zero-order chi connectivity index (χ0) is 8.27. The first-order valence-corrected chi connectivity index (χ1v) is 5.01. The molecule has 1 atom stereocenters. The van der Waals surface area contributed by atoms with Gasteiger partial charge < -0.3 is 10.5 Å². The normalized spacial score (nSPS) is 13.4. The van der Waals surface area contributed by atoms with Crippen LogP contribution in [0, 0.1) is 2.88 Å². The van der Waals surface area contributed by atoms with Crippen LogP contribution >= 0.6 is 33.9 Å². The van der Waals surface area contributed by atoms with E-state index in [0.717, 1.165) is 7.89 Å². The second-order valence-corrected chi connectivity index (χ2v) is 4.92. The van der Waals surface area contributed by atoms with Crippen LogP contribution in [-0.4, -0.2) is 18.6 Å². The van der Waals surface area contributed by atoms with Gasteiger partial charge in [0.1, 0.15) is 11.1 Å². The molecule has 0 bridgehead atoms. The zero-order valence-corrected chi connectivity index (χ0v) is 9.05. The molecule has 3 nitrogen and oxygen atoms in total. The molecule has 0 aliphatic carbocycles. The molecule has 0 radical (unpaired) electrons. The Bertz CT molecular complexity index is 224.